The number of nitrogens with one attached hydrogen (secondary N) is 1. The monoisotopic (exact) mass is 393 g/mol. The zero-order valence-electron chi connectivity index (χ0n) is 14.2. The summed E-state index contributed by atoms with van der Waals surface area (Å²) in [6.45, 7) is 3.02. The van der Waals surface area contributed by atoms with Crippen molar-refractivity contribution >= 4 is 41.4 Å². The molecule has 26 heavy (non-hydrogen) atoms. The molecule has 6 nitrogen and oxygen atoms in total. The molecular formula is C18H20ClN3O3S. The molecule has 1 saturated heterocycles. The SMILES string of the molecule is O=C(CSCc1ccccc1Cl)N/N=C\c1ccc(N2CCOCC2)o1. The van der Waals surface area contributed by atoms with E-state index in [0.717, 1.165) is 24.5 Å². The molecule has 1 amide bonds. The molecule has 3 rings (SSSR count). The van der Waals surface area contributed by atoms with Crippen LogP contribution in [-0.2, 0) is 15.3 Å². The molecule has 8 heteroatoms. The van der Waals surface area contributed by atoms with Crippen molar-refractivity contribution < 1.29 is 13.9 Å². The Morgan fingerprint density at radius 3 is 2.88 bits per heavy atom. The molecule has 1 N–H and O–H groups in total. The Labute approximate surface area is 161 Å². The van der Waals surface area contributed by atoms with Crippen LogP contribution in [0.1, 0.15) is 11.3 Å². The van der Waals surface area contributed by atoms with Crippen LogP contribution < -0.4 is 10.3 Å². The lowest BCUT2D eigenvalue weighted by Crippen LogP contribution is -2.35. The quantitative estimate of drug-likeness (QED) is 0.578. The molecule has 0 spiro atoms. The van der Waals surface area contributed by atoms with E-state index < -0.39 is 0 Å². The summed E-state index contributed by atoms with van der Waals surface area (Å²) >= 11 is 7.58. The fourth-order valence-corrected chi connectivity index (χ4v) is 3.54. The largest absolute Gasteiger partial charge is 0.440 e. The van der Waals surface area contributed by atoms with E-state index in [1.54, 1.807) is 0 Å². The van der Waals surface area contributed by atoms with Gasteiger partial charge in [-0.05, 0) is 17.7 Å². The van der Waals surface area contributed by atoms with E-state index in [1.807, 2.05) is 36.4 Å². The summed E-state index contributed by atoms with van der Waals surface area (Å²) in [5.74, 6) is 2.20. The topological polar surface area (TPSA) is 67.1 Å². The number of hydrogen-bond acceptors (Lipinski definition) is 6. The minimum absolute atomic E-state index is 0.168. The number of benzene rings is 1. The lowest BCUT2D eigenvalue weighted by atomic mass is 10.2. The lowest BCUT2D eigenvalue weighted by molar-refractivity contribution is -0.118. The highest BCUT2D eigenvalue weighted by Gasteiger charge is 2.14. The van der Waals surface area contributed by atoms with Crippen LogP contribution in [0, 0.1) is 0 Å². The van der Waals surface area contributed by atoms with Gasteiger partial charge in [0.25, 0.3) is 0 Å². The van der Waals surface area contributed by atoms with Crippen molar-refractivity contribution in [2.45, 2.75) is 5.75 Å². The Balaban J connectivity index is 1.40. The van der Waals surface area contributed by atoms with Crippen molar-refractivity contribution in [2.75, 3.05) is 37.0 Å². The average Bonchev–Trinajstić information content (AvgIpc) is 3.13. The molecule has 1 fully saturated rings. The van der Waals surface area contributed by atoms with E-state index >= 15 is 0 Å². The molecule has 0 bridgehead atoms. The van der Waals surface area contributed by atoms with Crippen molar-refractivity contribution in [2.24, 2.45) is 5.10 Å². The highest BCUT2D eigenvalue weighted by Crippen LogP contribution is 2.20. The number of nitrogens with zero attached hydrogens (tertiary/aromatic N) is 2. The number of furan rings is 1. The zero-order valence-corrected chi connectivity index (χ0v) is 15.8. The molecule has 1 aromatic carbocycles. The molecule has 0 radical (unpaired) electrons. The number of hydrogen-bond donors (Lipinski definition) is 1. The van der Waals surface area contributed by atoms with E-state index in [0.29, 0.717) is 35.5 Å². The highest BCUT2D eigenvalue weighted by molar-refractivity contribution is 7.99. The van der Waals surface area contributed by atoms with Crippen LogP contribution >= 0.6 is 23.4 Å². The minimum Gasteiger partial charge on any atom is -0.440 e. The Morgan fingerprint density at radius 1 is 1.27 bits per heavy atom. The first-order valence-electron chi connectivity index (χ1n) is 8.28. The van der Waals surface area contributed by atoms with E-state index in [1.165, 1.54) is 18.0 Å². The Bertz CT molecular complexity index is 760. The standard InChI is InChI=1S/C18H20ClN3O3S/c19-16-4-2-1-3-14(16)12-26-13-17(23)21-20-11-15-5-6-18(25-15)22-7-9-24-10-8-22/h1-6,11H,7-10,12-13H2,(H,21,23)/b20-11-. The van der Waals surface area contributed by atoms with Gasteiger partial charge < -0.3 is 14.1 Å². The van der Waals surface area contributed by atoms with Gasteiger partial charge in [-0.2, -0.15) is 5.10 Å². The van der Waals surface area contributed by atoms with Crippen LogP contribution in [0.15, 0.2) is 45.9 Å². The van der Waals surface area contributed by atoms with Gasteiger partial charge in [-0.1, -0.05) is 29.8 Å². The van der Waals surface area contributed by atoms with E-state index in [2.05, 4.69) is 15.4 Å². The van der Waals surface area contributed by atoms with Gasteiger partial charge in [0.05, 0.1) is 25.2 Å². The highest BCUT2D eigenvalue weighted by atomic mass is 35.5. The van der Waals surface area contributed by atoms with Crippen molar-refractivity contribution in [1.29, 1.82) is 0 Å². The number of ether oxygens (including phenoxy) is 1. The first-order chi connectivity index (χ1) is 12.7. The number of rotatable bonds is 7. The van der Waals surface area contributed by atoms with E-state index in [-0.39, 0.29) is 5.91 Å². The second-order valence-corrected chi connectivity index (χ2v) is 7.05. The van der Waals surface area contributed by atoms with Gasteiger partial charge in [-0.15, -0.1) is 11.8 Å². The fraction of sp³-hybridized carbons (Fsp3) is 0.333. The van der Waals surface area contributed by atoms with Crippen LogP contribution in [0.3, 0.4) is 0 Å². The van der Waals surface area contributed by atoms with E-state index in [4.69, 9.17) is 20.8 Å². The molecule has 1 aliphatic heterocycles. The Morgan fingerprint density at radius 2 is 2.08 bits per heavy atom. The lowest BCUT2D eigenvalue weighted by Gasteiger charge is -2.26. The normalized spacial score (nSPS) is 14.7. The molecule has 0 unspecified atom stereocenters. The number of hydrazone groups is 1. The molecule has 2 aromatic rings. The number of carbonyl (C=O) groups excluding carboxylic acids is 1. The van der Waals surface area contributed by atoms with Crippen molar-refractivity contribution in [3.63, 3.8) is 0 Å². The van der Waals surface area contributed by atoms with Gasteiger partial charge in [0.15, 0.2) is 5.88 Å². The third-order valence-electron chi connectivity index (χ3n) is 3.76. The number of anilines is 1. The summed E-state index contributed by atoms with van der Waals surface area (Å²) in [5, 5.41) is 4.66. The molecule has 1 aromatic heterocycles. The maximum atomic E-state index is 11.8. The van der Waals surface area contributed by atoms with Crippen LogP contribution in [0.5, 0.6) is 0 Å². The van der Waals surface area contributed by atoms with Gasteiger partial charge in [-0.25, -0.2) is 5.43 Å². The van der Waals surface area contributed by atoms with Gasteiger partial charge in [0.1, 0.15) is 5.76 Å². The third-order valence-corrected chi connectivity index (χ3v) is 5.12. The van der Waals surface area contributed by atoms with Crippen molar-refractivity contribution in [3.05, 3.63) is 52.7 Å². The number of morpholine rings is 1. The molecule has 1 aliphatic rings. The van der Waals surface area contributed by atoms with Gasteiger partial charge in [0, 0.05) is 29.9 Å². The number of thioether (sulfide) groups is 1. The number of halogens is 1. The smallest absolute Gasteiger partial charge is 0.250 e. The van der Waals surface area contributed by atoms with Crippen LogP contribution in [-0.4, -0.2) is 44.2 Å². The molecule has 0 atom stereocenters. The molecule has 0 aliphatic carbocycles. The summed E-state index contributed by atoms with van der Waals surface area (Å²) in [4.78, 5) is 13.9. The third kappa shape index (κ3) is 5.52. The number of amides is 1. The average molecular weight is 394 g/mol. The van der Waals surface area contributed by atoms with Gasteiger partial charge >= 0.3 is 0 Å². The Kier molecular flexibility index (Phi) is 6.99. The molecule has 0 saturated carbocycles. The van der Waals surface area contributed by atoms with Gasteiger partial charge in [-0.3, -0.25) is 4.79 Å². The van der Waals surface area contributed by atoms with Gasteiger partial charge in [0.2, 0.25) is 5.91 Å². The van der Waals surface area contributed by atoms with E-state index in [9.17, 15) is 4.79 Å². The maximum Gasteiger partial charge on any atom is 0.250 e. The summed E-state index contributed by atoms with van der Waals surface area (Å²) in [5.41, 5.74) is 3.52. The fourth-order valence-electron chi connectivity index (χ4n) is 2.43. The van der Waals surface area contributed by atoms with Crippen molar-refractivity contribution in [3.8, 4) is 0 Å². The first kappa shape index (κ1) is 18.8. The predicted molar refractivity (Wildman–Crippen MR) is 105 cm³/mol. The van der Waals surface area contributed by atoms with Crippen LogP contribution in [0.4, 0.5) is 5.88 Å². The second-order valence-electron chi connectivity index (χ2n) is 5.65. The van der Waals surface area contributed by atoms with Crippen LogP contribution in [0.25, 0.3) is 0 Å². The second kappa shape index (κ2) is 9.66. The molecule has 138 valence electrons. The summed E-state index contributed by atoms with van der Waals surface area (Å²) in [6, 6.07) is 11.3. The minimum atomic E-state index is -0.168. The molecular weight excluding hydrogens is 374 g/mol. The first-order valence-corrected chi connectivity index (χ1v) is 9.81. The molecule has 2 heterocycles. The summed E-state index contributed by atoms with van der Waals surface area (Å²) in [6.07, 6.45) is 1.50. The van der Waals surface area contributed by atoms with Crippen LogP contribution in [0.2, 0.25) is 5.02 Å². The zero-order chi connectivity index (χ0) is 18.2. The summed E-state index contributed by atoms with van der Waals surface area (Å²) < 4.78 is 11.0. The maximum absolute atomic E-state index is 11.8. The summed E-state index contributed by atoms with van der Waals surface area (Å²) in [7, 11) is 0. The predicted octanol–water partition coefficient (Wildman–Crippen LogP) is 3.15. The van der Waals surface area contributed by atoms with Crippen molar-refractivity contribution in [1.82, 2.24) is 5.43 Å². The Hall–Kier alpha value is -1.96. The number of carbonyl (C=O) groups is 1.